The highest BCUT2D eigenvalue weighted by Gasteiger charge is 2.39. The first-order chi connectivity index (χ1) is 6.11. The maximum atomic E-state index is 11.5. The summed E-state index contributed by atoms with van der Waals surface area (Å²) in [7, 11) is 0. The van der Waals surface area contributed by atoms with Crippen molar-refractivity contribution in [2.45, 2.75) is 51.0 Å². The molecule has 0 saturated heterocycles. The summed E-state index contributed by atoms with van der Waals surface area (Å²) in [4.78, 5) is 11.5. The number of hydrogen-bond acceptors (Lipinski definition) is 2. The first kappa shape index (κ1) is 10.5. The molecule has 1 aliphatic carbocycles. The van der Waals surface area contributed by atoms with Crippen LogP contribution in [-0.4, -0.2) is 16.5 Å². The average Bonchev–Trinajstić information content (AvgIpc) is 2.11. The molecular formula is C11H18O2. The summed E-state index contributed by atoms with van der Waals surface area (Å²) in [5, 5.41) is 10.1. The van der Waals surface area contributed by atoms with Crippen molar-refractivity contribution in [3.05, 3.63) is 12.2 Å². The minimum absolute atomic E-state index is 0.0304. The number of ketones is 1. The lowest BCUT2D eigenvalue weighted by molar-refractivity contribution is -0.136. The van der Waals surface area contributed by atoms with Crippen molar-refractivity contribution in [3.8, 4) is 0 Å². The lowest BCUT2D eigenvalue weighted by atomic mass is 9.77. The zero-order valence-corrected chi connectivity index (χ0v) is 8.31. The van der Waals surface area contributed by atoms with Gasteiger partial charge in [0.2, 0.25) is 0 Å². The van der Waals surface area contributed by atoms with Crippen molar-refractivity contribution in [2.75, 3.05) is 0 Å². The highest BCUT2D eigenvalue weighted by molar-refractivity contribution is 5.91. The van der Waals surface area contributed by atoms with Crippen molar-refractivity contribution in [2.24, 2.45) is 0 Å². The van der Waals surface area contributed by atoms with Gasteiger partial charge in [-0.05, 0) is 24.8 Å². The molecular weight excluding hydrogens is 164 g/mol. The van der Waals surface area contributed by atoms with Crippen LogP contribution >= 0.6 is 0 Å². The molecule has 13 heavy (non-hydrogen) atoms. The van der Waals surface area contributed by atoms with Gasteiger partial charge in [0.25, 0.3) is 0 Å². The predicted molar refractivity (Wildman–Crippen MR) is 52.5 cm³/mol. The molecule has 0 aromatic rings. The summed E-state index contributed by atoms with van der Waals surface area (Å²) in [6.07, 6.45) is 4.61. The highest BCUT2D eigenvalue weighted by atomic mass is 16.3. The van der Waals surface area contributed by atoms with E-state index in [9.17, 15) is 9.90 Å². The van der Waals surface area contributed by atoms with E-state index in [2.05, 4.69) is 13.5 Å². The molecule has 74 valence electrons. The third-order valence-electron chi connectivity index (χ3n) is 2.82. The van der Waals surface area contributed by atoms with E-state index < -0.39 is 5.60 Å². The zero-order valence-electron chi connectivity index (χ0n) is 8.31. The van der Waals surface area contributed by atoms with E-state index in [-0.39, 0.29) is 5.78 Å². The van der Waals surface area contributed by atoms with Crippen LogP contribution < -0.4 is 0 Å². The minimum Gasteiger partial charge on any atom is -0.378 e. The number of rotatable bonds is 3. The summed E-state index contributed by atoms with van der Waals surface area (Å²) in [6.45, 7) is 5.85. The van der Waals surface area contributed by atoms with Crippen molar-refractivity contribution in [1.82, 2.24) is 0 Å². The van der Waals surface area contributed by atoms with Gasteiger partial charge in [0.1, 0.15) is 5.60 Å². The molecule has 0 bridgehead atoms. The Kier molecular flexibility index (Phi) is 3.26. The summed E-state index contributed by atoms with van der Waals surface area (Å²) in [5.74, 6) is -0.0304. The number of carbonyl (C=O) groups is 1. The molecule has 0 radical (unpaired) electrons. The molecule has 1 saturated carbocycles. The van der Waals surface area contributed by atoms with Crippen LogP contribution in [0.5, 0.6) is 0 Å². The van der Waals surface area contributed by atoms with Crippen molar-refractivity contribution in [1.29, 1.82) is 0 Å². The fraction of sp³-hybridized carbons (Fsp3) is 0.727. The van der Waals surface area contributed by atoms with Crippen LogP contribution in [0.3, 0.4) is 0 Å². The van der Waals surface area contributed by atoms with Crippen LogP contribution in [0.25, 0.3) is 0 Å². The maximum absolute atomic E-state index is 11.5. The smallest absolute Gasteiger partial charge is 0.168 e. The Morgan fingerprint density at radius 1 is 1.54 bits per heavy atom. The molecule has 1 N–H and O–H groups in total. The highest BCUT2D eigenvalue weighted by Crippen LogP contribution is 2.33. The van der Waals surface area contributed by atoms with Crippen molar-refractivity contribution < 1.29 is 9.90 Å². The molecule has 1 aliphatic rings. The van der Waals surface area contributed by atoms with Gasteiger partial charge < -0.3 is 5.11 Å². The largest absolute Gasteiger partial charge is 0.378 e. The van der Waals surface area contributed by atoms with Gasteiger partial charge in [0.15, 0.2) is 5.78 Å². The number of aliphatic hydroxyl groups is 1. The summed E-state index contributed by atoms with van der Waals surface area (Å²) < 4.78 is 0. The van der Waals surface area contributed by atoms with Crippen LogP contribution in [0.4, 0.5) is 0 Å². The molecule has 0 aliphatic heterocycles. The summed E-state index contributed by atoms with van der Waals surface area (Å²) in [5.41, 5.74) is -0.467. The molecule has 0 spiro atoms. The Labute approximate surface area is 79.6 Å². The Balaban J connectivity index is 2.69. The Morgan fingerprint density at radius 3 is 2.77 bits per heavy atom. The Morgan fingerprint density at radius 2 is 2.23 bits per heavy atom. The minimum atomic E-state index is -1.19. The van der Waals surface area contributed by atoms with Gasteiger partial charge in [-0.3, -0.25) is 4.79 Å². The number of Topliss-reactive ketones (excluding diaryl/α,β-unsaturated/α-hetero) is 1. The number of unbranched alkanes of at least 4 members (excludes halogenated alkanes) is 1. The molecule has 0 heterocycles. The quantitative estimate of drug-likeness (QED) is 0.679. The predicted octanol–water partition coefficient (Wildman–Crippen LogP) is 2.22. The lowest BCUT2D eigenvalue weighted by Gasteiger charge is -2.32. The van der Waals surface area contributed by atoms with Crippen LogP contribution in [0, 0.1) is 0 Å². The van der Waals surface area contributed by atoms with E-state index >= 15 is 0 Å². The van der Waals surface area contributed by atoms with Crippen LogP contribution in [0.2, 0.25) is 0 Å². The first-order valence-corrected chi connectivity index (χ1v) is 5.05. The maximum Gasteiger partial charge on any atom is 0.168 e. The fourth-order valence-electron chi connectivity index (χ4n) is 1.82. The van der Waals surface area contributed by atoms with Crippen LogP contribution in [-0.2, 0) is 4.79 Å². The molecule has 1 rings (SSSR count). The van der Waals surface area contributed by atoms with Gasteiger partial charge in [-0.25, -0.2) is 0 Å². The zero-order chi connectivity index (χ0) is 9.90. The monoisotopic (exact) mass is 182 g/mol. The van der Waals surface area contributed by atoms with Crippen molar-refractivity contribution in [3.63, 3.8) is 0 Å². The second-order valence-corrected chi connectivity index (χ2v) is 3.84. The summed E-state index contributed by atoms with van der Waals surface area (Å²) in [6, 6.07) is 0. The van der Waals surface area contributed by atoms with Gasteiger partial charge >= 0.3 is 0 Å². The van der Waals surface area contributed by atoms with E-state index in [1.807, 2.05) is 0 Å². The molecule has 2 heteroatoms. The molecule has 0 aromatic heterocycles. The summed E-state index contributed by atoms with van der Waals surface area (Å²) >= 11 is 0. The molecule has 1 unspecified atom stereocenters. The molecule has 1 atom stereocenters. The molecule has 2 nitrogen and oxygen atoms in total. The Hall–Kier alpha value is -0.630. The van der Waals surface area contributed by atoms with Crippen LogP contribution in [0.1, 0.15) is 45.4 Å². The molecule has 1 fully saturated rings. The van der Waals surface area contributed by atoms with E-state index in [0.29, 0.717) is 12.8 Å². The van der Waals surface area contributed by atoms with E-state index in [4.69, 9.17) is 0 Å². The topological polar surface area (TPSA) is 37.3 Å². The Bertz CT molecular complexity index is 202. The lowest BCUT2D eigenvalue weighted by Crippen LogP contribution is -2.42. The van der Waals surface area contributed by atoms with E-state index in [1.165, 1.54) is 0 Å². The second kappa shape index (κ2) is 4.05. The second-order valence-electron chi connectivity index (χ2n) is 3.84. The van der Waals surface area contributed by atoms with Gasteiger partial charge in [0.05, 0.1) is 0 Å². The molecule has 0 aromatic carbocycles. The number of carbonyl (C=O) groups excluding carboxylic acids is 1. The van der Waals surface area contributed by atoms with E-state index in [0.717, 1.165) is 31.3 Å². The van der Waals surface area contributed by atoms with E-state index in [1.54, 1.807) is 0 Å². The third kappa shape index (κ3) is 1.99. The first-order valence-electron chi connectivity index (χ1n) is 5.05. The fourth-order valence-corrected chi connectivity index (χ4v) is 1.82. The van der Waals surface area contributed by atoms with Crippen LogP contribution in [0.15, 0.2) is 12.2 Å². The van der Waals surface area contributed by atoms with Gasteiger partial charge in [-0.1, -0.05) is 26.3 Å². The SMILES string of the molecule is C=C1CCCC(=O)C1(O)CCCC. The van der Waals surface area contributed by atoms with Gasteiger partial charge in [-0.15, -0.1) is 0 Å². The van der Waals surface area contributed by atoms with Gasteiger partial charge in [0, 0.05) is 6.42 Å². The standard InChI is InChI=1S/C11H18O2/c1-3-4-8-11(13)9(2)6-5-7-10(11)12/h13H,2-8H2,1H3. The van der Waals surface area contributed by atoms with Crippen molar-refractivity contribution >= 4 is 5.78 Å². The molecule has 0 amide bonds. The number of hydrogen-bond donors (Lipinski definition) is 1. The normalized spacial score (nSPS) is 29.4. The third-order valence-corrected chi connectivity index (χ3v) is 2.82. The average molecular weight is 182 g/mol. The van der Waals surface area contributed by atoms with Gasteiger partial charge in [-0.2, -0.15) is 0 Å².